The molecule has 0 aromatic heterocycles. The molecule has 0 heterocycles. The van der Waals surface area contributed by atoms with Crippen LogP contribution in [0.3, 0.4) is 0 Å². The third kappa shape index (κ3) is 4.13. The van der Waals surface area contributed by atoms with Gasteiger partial charge in [-0.2, -0.15) is 0 Å². The Balaban J connectivity index is 2.75. The molecule has 1 aromatic carbocycles. The number of aliphatic carboxylic acids is 1. The van der Waals surface area contributed by atoms with Gasteiger partial charge in [-0.3, -0.25) is 0 Å². The summed E-state index contributed by atoms with van der Waals surface area (Å²) in [5.74, 6) is -0.972. The van der Waals surface area contributed by atoms with E-state index in [0.29, 0.717) is 0 Å². The smallest absolute Gasteiger partial charge is 0.329 e. The minimum atomic E-state index is -0.972. The van der Waals surface area contributed by atoms with Crippen LogP contribution in [0.1, 0.15) is 36.6 Å². The highest BCUT2D eigenvalue weighted by Crippen LogP contribution is 2.19. The van der Waals surface area contributed by atoms with Crippen molar-refractivity contribution in [2.24, 2.45) is 5.73 Å². The van der Waals surface area contributed by atoms with E-state index in [-0.39, 0.29) is 19.3 Å². The molecule has 0 amide bonds. The highest BCUT2D eigenvalue weighted by atomic mass is 16.5. The van der Waals surface area contributed by atoms with Crippen LogP contribution in [-0.2, 0) is 22.4 Å². The zero-order valence-electron chi connectivity index (χ0n) is 11.0. The lowest BCUT2D eigenvalue weighted by molar-refractivity contribution is -0.142. The lowest BCUT2D eigenvalue weighted by atomic mass is 9.96. The Hall–Kier alpha value is -1.39. The molecule has 0 aliphatic carbocycles. The van der Waals surface area contributed by atoms with Crippen molar-refractivity contribution in [3.8, 4) is 0 Å². The van der Waals surface area contributed by atoms with Gasteiger partial charge in [0.2, 0.25) is 0 Å². The Kier molecular flexibility index (Phi) is 5.82. The maximum absolute atomic E-state index is 10.4. The third-order valence-corrected chi connectivity index (χ3v) is 2.92. The van der Waals surface area contributed by atoms with Crippen molar-refractivity contribution in [1.29, 1.82) is 0 Å². The first-order chi connectivity index (χ1) is 8.58. The fraction of sp³-hybridized carbons (Fsp3) is 0.500. The first-order valence-electron chi connectivity index (χ1n) is 6.25. The molecule has 1 atom stereocenters. The molecular weight excluding hydrogens is 230 g/mol. The van der Waals surface area contributed by atoms with Gasteiger partial charge in [-0.05, 0) is 29.5 Å². The summed E-state index contributed by atoms with van der Waals surface area (Å²) in [6.45, 7) is 4.10. The van der Waals surface area contributed by atoms with E-state index in [0.717, 1.165) is 18.4 Å². The molecule has 0 aliphatic heterocycles. The predicted molar refractivity (Wildman–Crippen MR) is 70.6 cm³/mol. The van der Waals surface area contributed by atoms with Crippen LogP contribution in [0.15, 0.2) is 18.2 Å². The zero-order chi connectivity index (χ0) is 13.5. The fourth-order valence-electron chi connectivity index (χ4n) is 1.89. The number of carboxylic acid groups (broad SMARTS) is 1. The quantitative estimate of drug-likeness (QED) is 0.776. The lowest BCUT2D eigenvalue weighted by Crippen LogP contribution is -2.21. The average molecular weight is 251 g/mol. The van der Waals surface area contributed by atoms with Crippen molar-refractivity contribution in [3.05, 3.63) is 34.9 Å². The number of nitrogens with two attached hydrogens (primary N) is 1. The molecule has 4 heteroatoms. The molecule has 1 unspecified atom stereocenters. The number of carbonyl (C=O) groups is 1. The van der Waals surface area contributed by atoms with E-state index in [2.05, 4.69) is 32.0 Å². The highest BCUT2D eigenvalue weighted by molar-refractivity contribution is 5.68. The van der Waals surface area contributed by atoms with Crippen LogP contribution < -0.4 is 5.73 Å². The van der Waals surface area contributed by atoms with Crippen molar-refractivity contribution in [2.45, 2.75) is 32.7 Å². The second kappa shape index (κ2) is 7.13. The van der Waals surface area contributed by atoms with Crippen LogP contribution in [0, 0.1) is 0 Å². The summed E-state index contributed by atoms with van der Waals surface area (Å²) in [6.07, 6.45) is 1.87. The SMILES string of the molecule is CCc1ccc(CC)c(C(N)COCC(=O)O)c1. The summed E-state index contributed by atoms with van der Waals surface area (Å²) >= 11 is 0. The van der Waals surface area contributed by atoms with Gasteiger partial charge in [-0.1, -0.05) is 32.0 Å². The van der Waals surface area contributed by atoms with Crippen LogP contribution in [-0.4, -0.2) is 24.3 Å². The number of aryl methyl sites for hydroxylation is 2. The van der Waals surface area contributed by atoms with Crippen LogP contribution in [0.25, 0.3) is 0 Å². The van der Waals surface area contributed by atoms with Gasteiger partial charge < -0.3 is 15.6 Å². The van der Waals surface area contributed by atoms with Gasteiger partial charge >= 0.3 is 5.97 Å². The summed E-state index contributed by atoms with van der Waals surface area (Å²) in [6, 6.07) is 6.01. The summed E-state index contributed by atoms with van der Waals surface area (Å²) in [7, 11) is 0. The van der Waals surface area contributed by atoms with Gasteiger partial charge in [-0.25, -0.2) is 4.79 Å². The van der Waals surface area contributed by atoms with E-state index in [1.165, 1.54) is 11.1 Å². The summed E-state index contributed by atoms with van der Waals surface area (Å²) < 4.78 is 5.06. The molecule has 0 saturated heterocycles. The molecule has 0 bridgehead atoms. The van der Waals surface area contributed by atoms with Crippen molar-refractivity contribution >= 4 is 5.97 Å². The predicted octanol–water partition coefficient (Wildman–Crippen LogP) is 1.91. The van der Waals surface area contributed by atoms with Crippen LogP contribution in [0.5, 0.6) is 0 Å². The van der Waals surface area contributed by atoms with E-state index in [4.69, 9.17) is 15.6 Å². The molecule has 100 valence electrons. The van der Waals surface area contributed by atoms with Gasteiger partial charge in [0.25, 0.3) is 0 Å². The molecule has 1 rings (SSSR count). The van der Waals surface area contributed by atoms with Gasteiger partial charge in [-0.15, -0.1) is 0 Å². The average Bonchev–Trinajstić information content (AvgIpc) is 2.37. The minimum absolute atomic E-state index is 0.229. The number of benzene rings is 1. The molecule has 0 spiro atoms. The van der Waals surface area contributed by atoms with Crippen LogP contribution in [0.4, 0.5) is 0 Å². The van der Waals surface area contributed by atoms with E-state index >= 15 is 0 Å². The Bertz CT molecular complexity index is 404. The summed E-state index contributed by atoms with van der Waals surface area (Å²) in [5, 5.41) is 8.51. The standard InChI is InChI=1S/C14H21NO3/c1-3-10-5-6-11(4-2)12(7-10)13(15)8-18-9-14(16)17/h5-7,13H,3-4,8-9,15H2,1-2H3,(H,16,17). The van der Waals surface area contributed by atoms with E-state index in [1.54, 1.807) is 0 Å². The number of carboxylic acids is 1. The fourth-order valence-corrected chi connectivity index (χ4v) is 1.89. The molecule has 0 aliphatic rings. The van der Waals surface area contributed by atoms with Crippen molar-refractivity contribution in [2.75, 3.05) is 13.2 Å². The first-order valence-corrected chi connectivity index (χ1v) is 6.25. The maximum atomic E-state index is 10.4. The molecule has 0 saturated carbocycles. The highest BCUT2D eigenvalue weighted by Gasteiger charge is 2.12. The zero-order valence-corrected chi connectivity index (χ0v) is 11.0. The third-order valence-electron chi connectivity index (χ3n) is 2.92. The maximum Gasteiger partial charge on any atom is 0.329 e. The van der Waals surface area contributed by atoms with Gasteiger partial charge in [0, 0.05) is 0 Å². The summed E-state index contributed by atoms with van der Waals surface area (Å²) in [4.78, 5) is 10.4. The van der Waals surface area contributed by atoms with Gasteiger partial charge in [0.1, 0.15) is 6.61 Å². The van der Waals surface area contributed by atoms with Gasteiger partial charge in [0.05, 0.1) is 12.6 Å². The molecule has 0 radical (unpaired) electrons. The van der Waals surface area contributed by atoms with Crippen molar-refractivity contribution in [3.63, 3.8) is 0 Å². The largest absolute Gasteiger partial charge is 0.480 e. The van der Waals surface area contributed by atoms with E-state index in [1.807, 2.05) is 0 Å². The van der Waals surface area contributed by atoms with Crippen LogP contribution in [0.2, 0.25) is 0 Å². The van der Waals surface area contributed by atoms with E-state index in [9.17, 15) is 4.79 Å². The normalized spacial score (nSPS) is 12.4. The second-order valence-corrected chi connectivity index (χ2v) is 4.26. The Morgan fingerprint density at radius 3 is 2.67 bits per heavy atom. The van der Waals surface area contributed by atoms with Crippen molar-refractivity contribution in [1.82, 2.24) is 0 Å². The van der Waals surface area contributed by atoms with Crippen LogP contribution >= 0.6 is 0 Å². The Labute approximate surface area is 108 Å². The Morgan fingerprint density at radius 2 is 2.11 bits per heavy atom. The topological polar surface area (TPSA) is 72.5 Å². The first kappa shape index (κ1) is 14.7. The lowest BCUT2D eigenvalue weighted by Gasteiger charge is -2.17. The molecule has 18 heavy (non-hydrogen) atoms. The second-order valence-electron chi connectivity index (χ2n) is 4.26. The molecule has 1 aromatic rings. The number of ether oxygens (including phenoxy) is 1. The molecular formula is C14H21NO3. The molecule has 3 N–H and O–H groups in total. The number of hydrogen-bond acceptors (Lipinski definition) is 3. The van der Waals surface area contributed by atoms with E-state index < -0.39 is 5.97 Å². The van der Waals surface area contributed by atoms with Crippen molar-refractivity contribution < 1.29 is 14.6 Å². The number of hydrogen-bond donors (Lipinski definition) is 2. The molecule has 4 nitrogen and oxygen atoms in total. The Morgan fingerprint density at radius 1 is 1.39 bits per heavy atom. The molecule has 0 fully saturated rings. The minimum Gasteiger partial charge on any atom is -0.480 e. The van der Waals surface area contributed by atoms with Gasteiger partial charge in [0.15, 0.2) is 0 Å². The monoisotopic (exact) mass is 251 g/mol. The summed E-state index contributed by atoms with van der Waals surface area (Å²) in [5.41, 5.74) is 9.55. The number of rotatable bonds is 7.